The van der Waals surface area contributed by atoms with Crippen molar-refractivity contribution < 1.29 is 23.2 Å². The Hall–Kier alpha value is -1.67. The fourth-order valence-electron chi connectivity index (χ4n) is 1.24. The van der Waals surface area contributed by atoms with Crippen molar-refractivity contribution in [3.8, 4) is 0 Å². The molecule has 0 saturated carbocycles. The molecule has 0 aliphatic heterocycles. The highest BCUT2D eigenvalue weighted by atomic mass is 19.4. The maximum absolute atomic E-state index is 12.3. The minimum Gasteiger partial charge on any atom is -0.396 e. The molecule has 0 aliphatic rings. The number of nitro benzene ring substituents is 1. The molecule has 1 aromatic rings. The third kappa shape index (κ3) is 3.68. The summed E-state index contributed by atoms with van der Waals surface area (Å²) in [4.78, 5) is 9.64. The Kier molecular flexibility index (Phi) is 5.05. The van der Waals surface area contributed by atoms with E-state index in [1.54, 1.807) is 0 Å². The van der Waals surface area contributed by atoms with Crippen molar-refractivity contribution >= 4 is 5.69 Å². The van der Waals surface area contributed by atoms with Crippen LogP contribution in [0.1, 0.15) is 11.1 Å². The molecule has 0 amide bonds. The van der Waals surface area contributed by atoms with Crippen molar-refractivity contribution in [3.05, 3.63) is 39.4 Å². The third-order valence-electron chi connectivity index (χ3n) is 1.99. The highest BCUT2D eigenvalue weighted by molar-refractivity contribution is 5.44. The zero-order chi connectivity index (χ0) is 12.3. The van der Waals surface area contributed by atoms with Gasteiger partial charge >= 0.3 is 6.18 Å². The average molecular weight is 252 g/mol. The van der Waals surface area contributed by atoms with E-state index < -0.39 is 22.4 Å². The van der Waals surface area contributed by atoms with Crippen molar-refractivity contribution in [2.45, 2.75) is 12.6 Å². The maximum atomic E-state index is 12.3. The first kappa shape index (κ1) is 15.3. The first-order chi connectivity index (χ1) is 7.36. The van der Waals surface area contributed by atoms with Gasteiger partial charge < -0.3 is 11.3 Å². The molecule has 0 aromatic heterocycles. The summed E-state index contributed by atoms with van der Waals surface area (Å²) in [6.45, 7) is -0.355. The lowest BCUT2D eigenvalue weighted by Gasteiger charge is -2.08. The highest BCUT2D eigenvalue weighted by Crippen LogP contribution is 2.33. The number of halogens is 3. The minimum absolute atomic E-state index is 0. The van der Waals surface area contributed by atoms with Gasteiger partial charge in [0.1, 0.15) is 0 Å². The molecule has 1 aromatic carbocycles. The summed E-state index contributed by atoms with van der Waals surface area (Å²) in [5, 5.41) is 19.1. The fraction of sp³-hybridized carbons (Fsp3) is 0.333. The predicted molar refractivity (Wildman–Crippen MR) is 53.9 cm³/mol. The Bertz CT molecular complexity index is 407. The largest absolute Gasteiger partial charge is 0.416 e. The van der Waals surface area contributed by atoms with Gasteiger partial charge in [-0.15, -0.1) is 0 Å². The number of hydrogen-bond donors (Lipinski definition) is 2. The van der Waals surface area contributed by atoms with Gasteiger partial charge in [-0.25, -0.2) is 0 Å². The third-order valence-corrected chi connectivity index (χ3v) is 1.99. The molecular formula is C9H11F3N2O3. The van der Waals surface area contributed by atoms with E-state index in [0.29, 0.717) is 6.07 Å². The molecule has 0 bridgehead atoms. The molecule has 0 saturated heterocycles. The van der Waals surface area contributed by atoms with E-state index in [-0.39, 0.29) is 24.7 Å². The van der Waals surface area contributed by atoms with Crippen LogP contribution in [0, 0.1) is 10.1 Å². The standard InChI is InChI=1S/C9H8F3NO3.H3N/c10-9(11,12)7-2-1-6(3-4-14)8(5-7)13(15)16;/h1-2,5,14H,3-4H2;1H3. The summed E-state index contributed by atoms with van der Waals surface area (Å²) in [6, 6.07) is 2.25. The SMILES string of the molecule is N.O=[N+]([O-])c1cc(C(F)(F)F)ccc1CCO. The van der Waals surface area contributed by atoms with Gasteiger partial charge in [0, 0.05) is 24.7 Å². The van der Waals surface area contributed by atoms with Crippen molar-refractivity contribution in [3.63, 3.8) is 0 Å². The van der Waals surface area contributed by atoms with E-state index in [4.69, 9.17) is 5.11 Å². The summed E-state index contributed by atoms with van der Waals surface area (Å²) < 4.78 is 36.8. The van der Waals surface area contributed by atoms with E-state index in [0.717, 1.165) is 12.1 Å². The molecular weight excluding hydrogens is 241 g/mol. The van der Waals surface area contributed by atoms with Gasteiger partial charge in [0.2, 0.25) is 0 Å². The number of nitro groups is 1. The molecule has 96 valence electrons. The molecule has 1 rings (SSSR count). The van der Waals surface area contributed by atoms with Crippen LogP contribution in [-0.2, 0) is 12.6 Å². The second kappa shape index (κ2) is 5.60. The van der Waals surface area contributed by atoms with Gasteiger partial charge in [0.25, 0.3) is 5.69 Å². The first-order valence-corrected chi connectivity index (χ1v) is 4.31. The lowest BCUT2D eigenvalue weighted by molar-refractivity contribution is -0.385. The van der Waals surface area contributed by atoms with Gasteiger partial charge in [0.15, 0.2) is 0 Å². The van der Waals surface area contributed by atoms with Gasteiger partial charge in [0.05, 0.1) is 10.5 Å². The summed E-state index contributed by atoms with van der Waals surface area (Å²) in [5.74, 6) is 0. The molecule has 0 unspecified atom stereocenters. The zero-order valence-electron chi connectivity index (χ0n) is 8.70. The molecule has 0 aliphatic carbocycles. The number of alkyl halides is 3. The molecule has 8 heteroatoms. The van der Waals surface area contributed by atoms with Gasteiger partial charge in [-0.1, -0.05) is 6.07 Å². The van der Waals surface area contributed by atoms with E-state index in [2.05, 4.69) is 0 Å². The Morgan fingerprint density at radius 2 is 1.94 bits per heavy atom. The lowest BCUT2D eigenvalue weighted by Crippen LogP contribution is -2.07. The Morgan fingerprint density at radius 1 is 1.35 bits per heavy atom. The van der Waals surface area contributed by atoms with Crippen LogP contribution in [0.2, 0.25) is 0 Å². The number of aliphatic hydroxyl groups is 1. The molecule has 0 fully saturated rings. The summed E-state index contributed by atoms with van der Waals surface area (Å²) in [6.07, 6.45) is -4.66. The van der Waals surface area contributed by atoms with Crippen LogP contribution < -0.4 is 6.15 Å². The number of hydrogen-bond acceptors (Lipinski definition) is 4. The van der Waals surface area contributed by atoms with E-state index in [1.165, 1.54) is 0 Å². The fourth-order valence-corrected chi connectivity index (χ4v) is 1.24. The van der Waals surface area contributed by atoms with Crippen LogP contribution in [0.3, 0.4) is 0 Å². The summed E-state index contributed by atoms with van der Waals surface area (Å²) in [7, 11) is 0. The average Bonchev–Trinajstić information content (AvgIpc) is 2.16. The van der Waals surface area contributed by atoms with Crippen LogP contribution >= 0.6 is 0 Å². The molecule has 0 atom stereocenters. The molecule has 0 heterocycles. The highest BCUT2D eigenvalue weighted by Gasteiger charge is 2.32. The Labute approximate surface area is 94.6 Å². The topological polar surface area (TPSA) is 98.4 Å². The van der Waals surface area contributed by atoms with E-state index in [1.807, 2.05) is 0 Å². The second-order valence-electron chi connectivity index (χ2n) is 3.07. The van der Waals surface area contributed by atoms with Crippen LogP contribution in [-0.4, -0.2) is 16.6 Å². The van der Waals surface area contributed by atoms with Gasteiger partial charge in [-0.2, -0.15) is 13.2 Å². The number of nitrogens with zero attached hydrogens (tertiary/aromatic N) is 1. The minimum atomic E-state index is -4.61. The number of benzene rings is 1. The zero-order valence-corrected chi connectivity index (χ0v) is 8.70. The molecule has 0 spiro atoms. The number of rotatable bonds is 3. The monoisotopic (exact) mass is 252 g/mol. The summed E-state index contributed by atoms with van der Waals surface area (Å²) in [5.41, 5.74) is -1.61. The van der Waals surface area contributed by atoms with E-state index >= 15 is 0 Å². The summed E-state index contributed by atoms with van der Waals surface area (Å²) >= 11 is 0. The second-order valence-corrected chi connectivity index (χ2v) is 3.07. The Morgan fingerprint density at radius 3 is 2.35 bits per heavy atom. The predicted octanol–water partition coefficient (Wildman–Crippen LogP) is 2.31. The molecule has 0 radical (unpaired) electrons. The Balaban J connectivity index is 0.00000256. The van der Waals surface area contributed by atoms with Crippen molar-refractivity contribution in [2.24, 2.45) is 0 Å². The van der Waals surface area contributed by atoms with Crippen molar-refractivity contribution in [1.29, 1.82) is 0 Å². The number of aliphatic hydroxyl groups excluding tert-OH is 1. The molecule has 4 N–H and O–H groups in total. The van der Waals surface area contributed by atoms with Crippen LogP contribution in [0.5, 0.6) is 0 Å². The quantitative estimate of drug-likeness (QED) is 0.636. The van der Waals surface area contributed by atoms with Crippen molar-refractivity contribution in [2.75, 3.05) is 6.61 Å². The van der Waals surface area contributed by atoms with Gasteiger partial charge in [-0.3, -0.25) is 10.1 Å². The van der Waals surface area contributed by atoms with Crippen molar-refractivity contribution in [1.82, 2.24) is 6.15 Å². The normalized spacial score (nSPS) is 10.8. The first-order valence-electron chi connectivity index (χ1n) is 4.31. The molecule has 5 nitrogen and oxygen atoms in total. The lowest BCUT2D eigenvalue weighted by atomic mass is 10.1. The molecule has 17 heavy (non-hydrogen) atoms. The van der Waals surface area contributed by atoms with Crippen LogP contribution in [0.4, 0.5) is 18.9 Å². The van der Waals surface area contributed by atoms with E-state index in [9.17, 15) is 23.3 Å². The van der Waals surface area contributed by atoms with Crippen LogP contribution in [0.15, 0.2) is 18.2 Å². The van der Waals surface area contributed by atoms with Crippen LogP contribution in [0.25, 0.3) is 0 Å². The van der Waals surface area contributed by atoms with Gasteiger partial charge in [-0.05, 0) is 6.07 Å². The maximum Gasteiger partial charge on any atom is 0.416 e. The smallest absolute Gasteiger partial charge is 0.396 e.